The van der Waals surface area contributed by atoms with Gasteiger partial charge in [-0.15, -0.1) is 0 Å². The number of ether oxygens (including phenoxy) is 1. The number of nitrogens with zero attached hydrogens (tertiary/aromatic N) is 3. The van der Waals surface area contributed by atoms with Crippen LogP contribution in [0.4, 0.5) is 0 Å². The van der Waals surface area contributed by atoms with Gasteiger partial charge in [0, 0.05) is 4.91 Å². The van der Waals surface area contributed by atoms with Gasteiger partial charge in [-0.25, -0.2) is 0 Å². The van der Waals surface area contributed by atoms with E-state index in [9.17, 15) is 10.2 Å². The van der Waals surface area contributed by atoms with Crippen molar-refractivity contribution in [1.82, 2.24) is 0 Å². The molecule has 80 valence electrons. The Balaban J connectivity index is 2.78. The molecule has 5 atom stereocenters. The summed E-state index contributed by atoms with van der Waals surface area (Å²) in [6.07, 6.45) is -3.61. The van der Waals surface area contributed by atoms with Gasteiger partial charge in [-0.05, 0) is 5.53 Å². The van der Waals surface area contributed by atoms with E-state index >= 15 is 0 Å². The van der Waals surface area contributed by atoms with Gasteiger partial charge in [0.05, 0.1) is 12.7 Å². The Morgan fingerprint density at radius 2 is 2.07 bits per heavy atom. The number of hydrogen-bond acceptors (Lipinski definition) is 5. The number of aliphatic hydroxyl groups is 3. The summed E-state index contributed by atoms with van der Waals surface area (Å²) in [5.74, 6) is 0. The van der Waals surface area contributed by atoms with E-state index in [1.54, 1.807) is 0 Å². The maximum atomic E-state index is 9.45. The molecule has 0 aromatic rings. The van der Waals surface area contributed by atoms with Crippen LogP contribution >= 0.6 is 11.6 Å². The van der Waals surface area contributed by atoms with Gasteiger partial charge in [-0.3, -0.25) is 0 Å². The zero-order chi connectivity index (χ0) is 10.7. The molecule has 1 saturated heterocycles. The van der Waals surface area contributed by atoms with Crippen LogP contribution in [0.5, 0.6) is 0 Å². The first-order valence-corrected chi connectivity index (χ1v) is 4.36. The Hall–Kier alpha value is -0.560. The van der Waals surface area contributed by atoms with E-state index in [-0.39, 0.29) is 0 Å². The van der Waals surface area contributed by atoms with Crippen molar-refractivity contribution in [3.63, 3.8) is 0 Å². The zero-order valence-corrected chi connectivity index (χ0v) is 7.82. The SMILES string of the molecule is [N-]=[N+]=N[C@@H]1C(O)C(O)C(CO)O[C@H]1Cl. The van der Waals surface area contributed by atoms with E-state index in [1.807, 2.05) is 0 Å². The van der Waals surface area contributed by atoms with Gasteiger partial charge in [-0.1, -0.05) is 16.7 Å². The van der Waals surface area contributed by atoms with Gasteiger partial charge < -0.3 is 20.1 Å². The molecule has 8 heteroatoms. The third-order valence-electron chi connectivity index (χ3n) is 2.02. The van der Waals surface area contributed by atoms with Crippen molar-refractivity contribution < 1.29 is 20.1 Å². The molecular weight excluding hydrogens is 214 g/mol. The van der Waals surface area contributed by atoms with E-state index in [1.165, 1.54) is 0 Å². The molecule has 0 bridgehead atoms. The lowest BCUT2D eigenvalue weighted by molar-refractivity contribution is -0.167. The molecule has 0 aromatic heterocycles. The summed E-state index contributed by atoms with van der Waals surface area (Å²) in [6.45, 7) is -0.468. The molecule has 1 fully saturated rings. The number of hydrogen-bond donors (Lipinski definition) is 3. The Morgan fingerprint density at radius 1 is 1.43 bits per heavy atom. The molecule has 3 N–H and O–H groups in total. The summed E-state index contributed by atoms with van der Waals surface area (Å²) in [5, 5.41) is 30.8. The summed E-state index contributed by atoms with van der Waals surface area (Å²) in [4.78, 5) is 2.47. The van der Waals surface area contributed by atoms with E-state index < -0.39 is 36.5 Å². The molecule has 3 unspecified atom stereocenters. The van der Waals surface area contributed by atoms with Crippen LogP contribution in [0.2, 0.25) is 0 Å². The normalized spacial score (nSPS) is 43.0. The predicted octanol–water partition coefficient (Wildman–Crippen LogP) is -0.657. The average molecular weight is 224 g/mol. The minimum absolute atomic E-state index is 0.468. The van der Waals surface area contributed by atoms with Crippen molar-refractivity contribution in [3.05, 3.63) is 10.4 Å². The third kappa shape index (κ3) is 2.09. The Kier molecular flexibility index (Phi) is 3.94. The molecule has 7 nitrogen and oxygen atoms in total. The molecule has 0 radical (unpaired) electrons. The van der Waals surface area contributed by atoms with Gasteiger partial charge in [0.15, 0.2) is 0 Å². The summed E-state index contributed by atoms with van der Waals surface area (Å²) < 4.78 is 4.92. The van der Waals surface area contributed by atoms with Crippen molar-refractivity contribution in [2.75, 3.05) is 6.61 Å². The quantitative estimate of drug-likeness (QED) is 0.249. The van der Waals surface area contributed by atoms with Crippen LogP contribution in [0.25, 0.3) is 10.4 Å². The second-order valence-electron chi connectivity index (χ2n) is 2.88. The van der Waals surface area contributed by atoms with Crippen molar-refractivity contribution >= 4 is 11.6 Å². The van der Waals surface area contributed by atoms with Gasteiger partial charge >= 0.3 is 0 Å². The van der Waals surface area contributed by atoms with Crippen LogP contribution in [0.3, 0.4) is 0 Å². The first-order chi connectivity index (χ1) is 6.61. The smallest absolute Gasteiger partial charge is 0.142 e. The summed E-state index contributed by atoms with van der Waals surface area (Å²) >= 11 is 5.63. The molecule has 1 aliphatic heterocycles. The average Bonchev–Trinajstić information content (AvgIpc) is 2.18. The fourth-order valence-corrected chi connectivity index (χ4v) is 1.57. The highest BCUT2D eigenvalue weighted by molar-refractivity contribution is 6.20. The fourth-order valence-electron chi connectivity index (χ4n) is 1.24. The highest BCUT2D eigenvalue weighted by Gasteiger charge is 2.42. The summed E-state index contributed by atoms with van der Waals surface area (Å²) in [6, 6.07) is -1.06. The highest BCUT2D eigenvalue weighted by atomic mass is 35.5. The van der Waals surface area contributed by atoms with Crippen molar-refractivity contribution in [2.24, 2.45) is 5.11 Å². The molecular formula is C6H10ClN3O4. The lowest BCUT2D eigenvalue weighted by Gasteiger charge is -2.37. The van der Waals surface area contributed by atoms with E-state index in [0.29, 0.717) is 0 Å². The zero-order valence-electron chi connectivity index (χ0n) is 7.06. The highest BCUT2D eigenvalue weighted by Crippen LogP contribution is 2.25. The Labute approximate surface area is 84.5 Å². The Morgan fingerprint density at radius 3 is 2.57 bits per heavy atom. The second kappa shape index (κ2) is 4.79. The van der Waals surface area contributed by atoms with E-state index in [2.05, 4.69) is 10.0 Å². The summed E-state index contributed by atoms with van der Waals surface area (Å²) in [5.41, 5.74) is 7.11. The maximum Gasteiger partial charge on any atom is 0.142 e. The van der Waals surface area contributed by atoms with Crippen molar-refractivity contribution in [1.29, 1.82) is 0 Å². The van der Waals surface area contributed by atoms with E-state index in [0.717, 1.165) is 0 Å². The largest absolute Gasteiger partial charge is 0.394 e. The van der Waals surface area contributed by atoms with Gasteiger partial charge in [-0.2, -0.15) is 0 Å². The van der Waals surface area contributed by atoms with Gasteiger partial charge in [0.25, 0.3) is 0 Å². The number of halogens is 1. The minimum Gasteiger partial charge on any atom is -0.394 e. The molecule has 1 rings (SSSR count). The lowest BCUT2D eigenvalue weighted by Crippen LogP contribution is -2.56. The molecule has 14 heavy (non-hydrogen) atoms. The lowest BCUT2D eigenvalue weighted by atomic mass is 9.99. The van der Waals surface area contributed by atoms with Crippen LogP contribution in [0.15, 0.2) is 5.11 Å². The molecule has 0 aliphatic carbocycles. The molecule has 0 amide bonds. The van der Waals surface area contributed by atoms with Crippen LogP contribution in [-0.4, -0.2) is 51.8 Å². The molecule has 1 aliphatic rings. The maximum absolute atomic E-state index is 9.45. The predicted molar refractivity (Wildman–Crippen MR) is 46.5 cm³/mol. The monoisotopic (exact) mass is 223 g/mol. The topological polar surface area (TPSA) is 119 Å². The number of rotatable bonds is 2. The Bertz CT molecular complexity index is 247. The number of azide groups is 1. The van der Waals surface area contributed by atoms with E-state index in [4.69, 9.17) is 27.0 Å². The third-order valence-corrected chi connectivity index (χ3v) is 2.38. The van der Waals surface area contributed by atoms with Crippen molar-refractivity contribution in [3.8, 4) is 0 Å². The molecule has 1 heterocycles. The first-order valence-electron chi connectivity index (χ1n) is 3.92. The van der Waals surface area contributed by atoms with Crippen LogP contribution < -0.4 is 0 Å². The van der Waals surface area contributed by atoms with Crippen LogP contribution in [0.1, 0.15) is 0 Å². The molecule has 0 saturated carbocycles. The van der Waals surface area contributed by atoms with Gasteiger partial charge in [0.1, 0.15) is 23.8 Å². The standard InChI is InChI=1S/C6H10ClN3O4/c7-6-3(9-10-8)5(13)4(12)2(1-11)14-6/h2-6,11-13H,1H2/t2?,3-,4?,5?,6-/m1/s1. The van der Waals surface area contributed by atoms with Crippen LogP contribution in [0, 0.1) is 0 Å². The molecule has 0 spiro atoms. The molecule has 0 aromatic carbocycles. The number of aliphatic hydroxyl groups excluding tert-OH is 3. The van der Waals surface area contributed by atoms with Crippen LogP contribution in [-0.2, 0) is 4.74 Å². The van der Waals surface area contributed by atoms with Gasteiger partial charge in [0.2, 0.25) is 0 Å². The number of alkyl halides is 1. The minimum atomic E-state index is -1.33. The fraction of sp³-hybridized carbons (Fsp3) is 1.00. The second-order valence-corrected chi connectivity index (χ2v) is 3.32. The first kappa shape index (κ1) is 11.5. The van der Waals surface area contributed by atoms with Crippen molar-refractivity contribution in [2.45, 2.75) is 29.9 Å². The summed E-state index contributed by atoms with van der Waals surface area (Å²) in [7, 11) is 0.